The lowest BCUT2D eigenvalue weighted by Crippen LogP contribution is -2.38. The number of nitrogens with zero attached hydrogens (tertiary/aromatic N) is 3. The first kappa shape index (κ1) is 22.4. The second kappa shape index (κ2) is 9.01. The summed E-state index contributed by atoms with van der Waals surface area (Å²) in [5.74, 6) is 0.815. The van der Waals surface area contributed by atoms with E-state index in [1.165, 1.54) is 29.4 Å². The van der Waals surface area contributed by atoms with Gasteiger partial charge in [0.15, 0.2) is 5.82 Å². The molecule has 2 aromatic carbocycles. The zero-order valence-electron chi connectivity index (χ0n) is 17.7. The van der Waals surface area contributed by atoms with Gasteiger partial charge in [-0.3, -0.25) is 4.79 Å². The van der Waals surface area contributed by atoms with Crippen molar-refractivity contribution in [2.24, 2.45) is 0 Å². The highest BCUT2D eigenvalue weighted by Crippen LogP contribution is 2.32. The number of anilines is 1. The molecule has 4 rings (SSSR count). The Morgan fingerprint density at radius 2 is 1.91 bits per heavy atom. The Morgan fingerprint density at radius 1 is 1.19 bits per heavy atom. The summed E-state index contributed by atoms with van der Waals surface area (Å²) in [7, 11) is -3.71. The number of carbonyl (C=O) groups excluding carboxylic acids is 1. The Kier molecular flexibility index (Phi) is 6.32. The molecule has 1 amide bonds. The number of sulfonamides is 1. The number of aryl methyl sites for hydroxylation is 1. The Labute approximate surface area is 191 Å². The molecule has 1 saturated heterocycles. The Morgan fingerprint density at radius 3 is 2.56 bits per heavy atom. The molecule has 0 bridgehead atoms. The molecule has 32 heavy (non-hydrogen) atoms. The van der Waals surface area contributed by atoms with Crippen molar-refractivity contribution in [2.45, 2.75) is 37.5 Å². The van der Waals surface area contributed by atoms with Gasteiger partial charge in [0.2, 0.25) is 15.9 Å². The third-order valence-corrected chi connectivity index (χ3v) is 7.73. The highest BCUT2D eigenvalue weighted by atomic mass is 35.5. The average molecular weight is 475 g/mol. The first-order valence-electron chi connectivity index (χ1n) is 10.2. The molecule has 1 aliphatic rings. The van der Waals surface area contributed by atoms with Crippen LogP contribution in [0.2, 0.25) is 5.02 Å². The molecule has 1 aliphatic heterocycles. The third kappa shape index (κ3) is 4.55. The third-order valence-electron chi connectivity index (χ3n) is 5.53. The number of benzene rings is 2. The largest absolute Gasteiger partial charge is 0.334 e. The Hall–Kier alpha value is -2.75. The summed E-state index contributed by atoms with van der Waals surface area (Å²) < 4.78 is 33.0. The van der Waals surface area contributed by atoms with Crippen molar-refractivity contribution in [3.05, 3.63) is 58.9 Å². The lowest BCUT2D eigenvalue weighted by atomic mass is 9.97. The van der Waals surface area contributed by atoms with Gasteiger partial charge in [0.05, 0.1) is 15.6 Å². The minimum Gasteiger partial charge on any atom is -0.334 e. The number of carbonyl (C=O) groups is 1. The monoisotopic (exact) mass is 474 g/mol. The van der Waals surface area contributed by atoms with Gasteiger partial charge < -0.3 is 9.84 Å². The molecular formula is C22H23ClN4O4S. The molecule has 8 nitrogen and oxygen atoms in total. The van der Waals surface area contributed by atoms with Crippen LogP contribution in [0.1, 0.15) is 37.1 Å². The molecule has 0 spiro atoms. The van der Waals surface area contributed by atoms with Gasteiger partial charge in [-0.1, -0.05) is 35.0 Å². The van der Waals surface area contributed by atoms with Gasteiger partial charge >= 0.3 is 0 Å². The number of rotatable bonds is 5. The smallest absolute Gasteiger partial charge is 0.258 e. The van der Waals surface area contributed by atoms with Gasteiger partial charge in [-0.15, -0.1) is 0 Å². The van der Waals surface area contributed by atoms with Crippen molar-refractivity contribution in [3.8, 4) is 11.5 Å². The summed E-state index contributed by atoms with van der Waals surface area (Å²) in [6, 6.07) is 12.1. The van der Waals surface area contributed by atoms with Gasteiger partial charge in [0.25, 0.3) is 5.89 Å². The maximum Gasteiger partial charge on any atom is 0.258 e. The van der Waals surface area contributed by atoms with E-state index >= 15 is 0 Å². The van der Waals surface area contributed by atoms with Crippen molar-refractivity contribution in [2.75, 3.05) is 18.4 Å². The molecule has 168 valence electrons. The van der Waals surface area contributed by atoms with Gasteiger partial charge in [0, 0.05) is 31.5 Å². The van der Waals surface area contributed by atoms with Gasteiger partial charge in [-0.25, -0.2) is 8.42 Å². The van der Waals surface area contributed by atoms with Crippen LogP contribution in [0, 0.1) is 6.92 Å². The van der Waals surface area contributed by atoms with Gasteiger partial charge in [-0.2, -0.15) is 9.29 Å². The van der Waals surface area contributed by atoms with Gasteiger partial charge in [-0.05, 0) is 49.6 Å². The summed E-state index contributed by atoms with van der Waals surface area (Å²) in [4.78, 5) is 15.9. The van der Waals surface area contributed by atoms with Crippen molar-refractivity contribution in [1.29, 1.82) is 0 Å². The summed E-state index contributed by atoms with van der Waals surface area (Å²) >= 11 is 6.16. The van der Waals surface area contributed by atoms with E-state index in [2.05, 4.69) is 15.5 Å². The predicted octanol–water partition coefficient (Wildman–Crippen LogP) is 4.23. The van der Waals surface area contributed by atoms with Crippen molar-refractivity contribution >= 4 is 33.2 Å². The van der Waals surface area contributed by atoms with Gasteiger partial charge in [0.1, 0.15) is 0 Å². The number of aromatic nitrogens is 2. The molecule has 1 fully saturated rings. The minimum absolute atomic E-state index is 0.0219. The van der Waals surface area contributed by atoms with Crippen LogP contribution in [0.25, 0.3) is 11.5 Å². The van der Waals surface area contributed by atoms with E-state index in [1.54, 1.807) is 0 Å². The fraction of sp³-hybridized carbons (Fsp3) is 0.318. The highest BCUT2D eigenvalue weighted by Gasteiger charge is 2.32. The molecule has 3 aromatic rings. The molecule has 0 radical (unpaired) electrons. The predicted molar refractivity (Wildman–Crippen MR) is 121 cm³/mol. The molecule has 1 N–H and O–H groups in total. The van der Waals surface area contributed by atoms with E-state index in [4.69, 9.17) is 16.1 Å². The molecule has 0 saturated carbocycles. The second-order valence-electron chi connectivity index (χ2n) is 7.77. The van der Waals surface area contributed by atoms with Crippen LogP contribution in [0.5, 0.6) is 0 Å². The second-order valence-corrected chi connectivity index (χ2v) is 10.1. The van der Waals surface area contributed by atoms with E-state index in [-0.39, 0.29) is 21.7 Å². The molecule has 10 heteroatoms. The summed E-state index contributed by atoms with van der Waals surface area (Å²) in [5, 5.41) is 6.88. The van der Waals surface area contributed by atoms with E-state index in [0.717, 1.165) is 11.1 Å². The number of piperidine rings is 1. The van der Waals surface area contributed by atoms with E-state index in [9.17, 15) is 13.2 Å². The lowest BCUT2D eigenvalue weighted by Gasteiger charge is -2.29. The SMILES string of the molecule is CC(=O)Nc1ccc(S(=O)(=O)N2CCC(c3noc(-c4ccccc4C)n3)CC2)cc1Cl. The molecule has 2 heterocycles. The fourth-order valence-corrected chi connectivity index (χ4v) is 5.56. The molecule has 0 atom stereocenters. The number of amides is 1. The Bertz CT molecular complexity index is 1250. The fourth-order valence-electron chi connectivity index (χ4n) is 3.77. The van der Waals surface area contributed by atoms with E-state index in [1.807, 2.05) is 31.2 Å². The van der Waals surface area contributed by atoms with Crippen molar-refractivity contribution in [1.82, 2.24) is 14.4 Å². The van der Waals surface area contributed by atoms with Crippen molar-refractivity contribution < 1.29 is 17.7 Å². The van der Waals surface area contributed by atoms with Crippen LogP contribution < -0.4 is 5.32 Å². The number of hydrogen-bond acceptors (Lipinski definition) is 6. The molecule has 0 aliphatic carbocycles. The maximum absolute atomic E-state index is 13.1. The summed E-state index contributed by atoms with van der Waals surface area (Å²) in [5.41, 5.74) is 2.32. The normalized spacial score (nSPS) is 15.6. The topological polar surface area (TPSA) is 105 Å². The number of nitrogens with one attached hydrogen (secondary N) is 1. The minimum atomic E-state index is -3.71. The lowest BCUT2D eigenvalue weighted by molar-refractivity contribution is -0.114. The van der Waals surface area contributed by atoms with E-state index < -0.39 is 10.0 Å². The summed E-state index contributed by atoms with van der Waals surface area (Å²) in [6.07, 6.45) is 1.17. The molecule has 0 unspecified atom stereocenters. The van der Waals surface area contributed by atoms with Crippen LogP contribution in [-0.2, 0) is 14.8 Å². The van der Waals surface area contributed by atoms with Crippen molar-refractivity contribution in [3.63, 3.8) is 0 Å². The molecular weight excluding hydrogens is 452 g/mol. The average Bonchev–Trinajstić information content (AvgIpc) is 3.25. The number of halogens is 1. The zero-order valence-corrected chi connectivity index (χ0v) is 19.3. The van der Waals surface area contributed by atoms with E-state index in [0.29, 0.717) is 43.3 Å². The maximum atomic E-state index is 13.1. The quantitative estimate of drug-likeness (QED) is 0.593. The zero-order chi connectivity index (χ0) is 22.9. The first-order chi connectivity index (χ1) is 15.3. The standard InChI is InChI=1S/C22H23ClN4O4S/c1-14-5-3-4-6-18(14)22-25-21(26-31-22)16-9-11-27(12-10-16)32(29,30)17-7-8-20(19(23)13-17)24-15(2)28/h3-8,13,16H,9-12H2,1-2H3,(H,24,28). The first-order valence-corrected chi connectivity index (χ1v) is 12.0. The molecule has 1 aromatic heterocycles. The van der Waals surface area contributed by atoms with Crippen LogP contribution in [0.3, 0.4) is 0 Å². The van der Waals surface area contributed by atoms with Crippen LogP contribution in [0.4, 0.5) is 5.69 Å². The number of hydrogen-bond donors (Lipinski definition) is 1. The van der Waals surface area contributed by atoms with Crippen LogP contribution in [-0.4, -0.2) is 41.9 Å². The highest BCUT2D eigenvalue weighted by molar-refractivity contribution is 7.89. The van der Waals surface area contributed by atoms with Crippen LogP contribution in [0.15, 0.2) is 51.9 Å². The Balaban J connectivity index is 1.45. The van der Waals surface area contributed by atoms with Crippen LogP contribution >= 0.6 is 11.6 Å². The summed E-state index contributed by atoms with van der Waals surface area (Å²) in [6.45, 7) is 4.02.